The zero-order chi connectivity index (χ0) is 21.5. The first kappa shape index (κ1) is 22.8. The van der Waals surface area contributed by atoms with Gasteiger partial charge in [0.2, 0.25) is 0 Å². The average Bonchev–Trinajstić information content (AvgIpc) is 2.69. The van der Waals surface area contributed by atoms with Crippen LogP contribution < -0.4 is 0 Å². The molecule has 6 nitrogen and oxygen atoms in total. The van der Waals surface area contributed by atoms with Crippen molar-refractivity contribution in [3.63, 3.8) is 0 Å². The van der Waals surface area contributed by atoms with E-state index in [0.717, 1.165) is 5.57 Å². The molecule has 0 N–H and O–H groups in total. The fourth-order valence-corrected chi connectivity index (χ4v) is 7.29. The minimum Gasteiger partial charge on any atom is -0.462 e. The maximum absolute atomic E-state index is 13.2. The summed E-state index contributed by atoms with van der Waals surface area (Å²) in [5.41, 5.74) is 0.739. The molecule has 156 valence electrons. The fourth-order valence-electron chi connectivity index (χ4n) is 2.75. The quantitative estimate of drug-likeness (QED) is 0.441. The van der Waals surface area contributed by atoms with Crippen molar-refractivity contribution in [2.75, 3.05) is 6.61 Å². The van der Waals surface area contributed by atoms with Crippen molar-refractivity contribution >= 4 is 25.6 Å². The Hall–Kier alpha value is -2.45. The van der Waals surface area contributed by atoms with Gasteiger partial charge in [0.15, 0.2) is 24.3 Å². The summed E-state index contributed by atoms with van der Waals surface area (Å²) < 4.78 is 56.0. The van der Waals surface area contributed by atoms with Crippen LogP contribution in [0.15, 0.2) is 82.1 Å². The third-order valence-corrected chi connectivity index (χ3v) is 9.56. The maximum atomic E-state index is 13.2. The van der Waals surface area contributed by atoms with E-state index in [1.165, 1.54) is 31.2 Å². The van der Waals surface area contributed by atoms with Gasteiger partial charge in [-0.1, -0.05) is 42.0 Å². The van der Waals surface area contributed by atoms with Gasteiger partial charge >= 0.3 is 5.97 Å². The van der Waals surface area contributed by atoms with Crippen LogP contribution in [-0.4, -0.2) is 34.0 Å². The third kappa shape index (κ3) is 6.01. The highest BCUT2D eigenvalue weighted by Crippen LogP contribution is 2.29. The van der Waals surface area contributed by atoms with Crippen molar-refractivity contribution in [3.8, 4) is 0 Å². The van der Waals surface area contributed by atoms with E-state index in [1.807, 2.05) is 0 Å². The molecule has 0 atom stereocenters. The summed E-state index contributed by atoms with van der Waals surface area (Å²) in [6.45, 7) is 3.09. The third-order valence-electron chi connectivity index (χ3n) is 4.33. The molecule has 2 rings (SSSR count). The Balaban J connectivity index is 2.38. The second-order valence-electron chi connectivity index (χ2n) is 6.54. The molecule has 0 aliphatic rings. The molecule has 0 radical (unpaired) electrons. The smallest absolute Gasteiger partial charge is 0.302 e. The van der Waals surface area contributed by atoms with E-state index in [-0.39, 0.29) is 29.2 Å². The van der Waals surface area contributed by atoms with Gasteiger partial charge in [-0.2, -0.15) is 0 Å². The summed E-state index contributed by atoms with van der Waals surface area (Å²) in [5.74, 6) is -0.426. The lowest BCUT2D eigenvalue weighted by Gasteiger charge is -2.19. The topological polar surface area (TPSA) is 94.6 Å². The molecule has 2 aromatic rings. The Bertz CT molecular complexity index is 987. The fraction of sp³-hybridized carbons (Fsp3) is 0.286. The molecule has 0 spiro atoms. The summed E-state index contributed by atoms with van der Waals surface area (Å²) in [7, 11) is -8.27. The van der Waals surface area contributed by atoms with Crippen LogP contribution in [0, 0.1) is 0 Å². The summed E-state index contributed by atoms with van der Waals surface area (Å²) in [5, 5.41) is 0. The summed E-state index contributed by atoms with van der Waals surface area (Å²) >= 11 is 0. The Labute approximate surface area is 172 Å². The van der Waals surface area contributed by atoms with Crippen molar-refractivity contribution < 1.29 is 26.4 Å². The first-order valence-corrected chi connectivity index (χ1v) is 12.1. The lowest BCUT2D eigenvalue weighted by atomic mass is 10.2. The largest absolute Gasteiger partial charge is 0.462 e. The molecule has 2 aromatic carbocycles. The van der Waals surface area contributed by atoms with Crippen molar-refractivity contribution in [2.45, 2.75) is 41.1 Å². The van der Waals surface area contributed by atoms with Gasteiger partial charge in [0.05, 0.1) is 9.79 Å². The molecule has 0 heterocycles. The van der Waals surface area contributed by atoms with Crippen LogP contribution in [0.4, 0.5) is 0 Å². The highest BCUT2D eigenvalue weighted by molar-refractivity contribution is 8.09. The molecule has 29 heavy (non-hydrogen) atoms. The molecule has 0 aliphatic carbocycles. The number of carbonyl (C=O) groups excluding carboxylic acids is 1. The number of carbonyl (C=O) groups is 1. The first-order valence-electron chi connectivity index (χ1n) is 9.02. The average molecular weight is 437 g/mol. The van der Waals surface area contributed by atoms with E-state index in [4.69, 9.17) is 4.74 Å². The van der Waals surface area contributed by atoms with E-state index in [1.54, 1.807) is 49.4 Å². The normalized spacial score (nSPS) is 12.7. The molecule has 0 bridgehead atoms. The van der Waals surface area contributed by atoms with E-state index >= 15 is 0 Å². The number of esters is 1. The van der Waals surface area contributed by atoms with E-state index in [0.29, 0.717) is 0 Å². The summed E-state index contributed by atoms with van der Waals surface area (Å²) in [4.78, 5) is 10.8. The first-order chi connectivity index (χ1) is 13.7. The van der Waals surface area contributed by atoms with Gasteiger partial charge in [-0.25, -0.2) is 16.8 Å². The van der Waals surface area contributed by atoms with Gasteiger partial charge in [-0.15, -0.1) is 0 Å². The number of ether oxygens (including phenoxy) is 1. The predicted octanol–water partition coefficient (Wildman–Crippen LogP) is 3.55. The van der Waals surface area contributed by atoms with Crippen LogP contribution in [0.1, 0.15) is 26.7 Å². The zero-order valence-corrected chi connectivity index (χ0v) is 17.9. The standard InChI is InChI=1S/C21H24O6S2/c1-17(15-16-27-18(2)22)13-14-21(28(23,24)19-9-5-3-6-10-19)29(25,26)20-11-7-4-8-12-20/h3-12,15,21H,13-14,16H2,1-2H3/b17-15+. The van der Waals surface area contributed by atoms with Crippen LogP contribution >= 0.6 is 0 Å². The van der Waals surface area contributed by atoms with E-state index in [9.17, 15) is 21.6 Å². The lowest BCUT2D eigenvalue weighted by molar-refractivity contribution is -0.139. The number of benzene rings is 2. The predicted molar refractivity (Wildman–Crippen MR) is 111 cm³/mol. The van der Waals surface area contributed by atoms with Crippen molar-refractivity contribution in [1.82, 2.24) is 0 Å². The Morgan fingerprint density at radius 1 is 0.862 bits per heavy atom. The Morgan fingerprint density at radius 3 is 1.72 bits per heavy atom. The molecule has 0 amide bonds. The van der Waals surface area contributed by atoms with Crippen LogP contribution in [0.5, 0.6) is 0 Å². The van der Waals surface area contributed by atoms with Gasteiger partial charge in [-0.3, -0.25) is 4.79 Å². The second-order valence-corrected chi connectivity index (χ2v) is 11.1. The van der Waals surface area contributed by atoms with Gasteiger partial charge in [-0.05, 0) is 50.1 Å². The Kier molecular flexibility index (Phi) is 7.75. The van der Waals surface area contributed by atoms with Gasteiger partial charge in [0.1, 0.15) is 6.61 Å². The number of rotatable bonds is 9. The Morgan fingerprint density at radius 2 is 1.31 bits per heavy atom. The molecule has 0 saturated heterocycles. The molecule has 0 unspecified atom stereocenters. The monoisotopic (exact) mass is 436 g/mol. The van der Waals surface area contributed by atoms with Crippen molar-refractivity contribution in [1.29, 1.82) is 0 Å². The van der Waals surface area contributed by atoms with Crippen LogP contribution in [0.3, 0.4) is 0 Å². The van der Waals surface area contributed by atoms with Gasteiger partial charge in [0, 0.05) is 6.92 Å². The maximum Gasteiger partial charge on any atom is 0.302 e. The molecule has 0 saturated carbocycles. The van der Waals surface area contributed by atoms with Crippen LogP contribution in [0.2, 0.25) is 0 Å². The van der Waals surface area contributed by atoms with E-state index < -0.39 is 30.2 Å². The molecule has 0 fully saturated rings. The van der Waals surface area contributed by atoms with Gasteiger partial charge < -0.3 is 4.74 Å². The number of allylic oxidation sites excluding steroid dienone is 1. The molecule has 8 heteroatoms. The molecular formula is C21H24O6S2. The second kappa shape index (κ2) is 9.84. The molecule has 0 aliphatic heterocycles. The van der Waals surface area contributed by atoms with Crippen LogP contribution in [0.25, 0.3) is 0 Å². The summed E-state index contributed by atoms with van der Waals surface area (Å²) in [6, 6.07) is 15.2. The van der Waals surface area contributed by atoms with E-state index in [2.05, 4.69) is 0 Å². The molecular weight excluding hydrogens is 412 g/mol. The minimum atomic E-state index is -4.14. The highest BCUT2D eigenvalue weighted by Gasteiger charge is 2.39. The van der Waals surface area contributed by atoms with Gasteiger partial charge in [0.25, 0.3) is 0 Å². The minimum absolute atomic E-state index is 0.0361. The van der Waals surface area contributed by atoms with Crippen LogP contribution in [-0.2, 0) is 29.2 Å². The van der Waals surface area contributed by atoms with Crippen molar-refractivity contribution in [3.05, 3.63) is 72.3 Å². The lowest BCUT2D eigenvalue weighted by Crippen LogP contribution is -2.31. The molecule has 0 aromatic heterocycles. The zero-order valence-electron chi connectivity index (χ0n) is 16.3. The number of hydrogen-bond acceptors (Lipinski definition) is 6. The highest BCUT2D eigenvalue weighted by atomic mass is 32.3. The van der Waals surface area contributed by atoms with Crippen molar-refractivity contribution in [2.24, 2.45) is 0 Å². The summed E-state index contributed by atoms with van der Waals surface area (Å²) in [6.07, 6.45) is 1.75. The number of hydrogen-bond donors (Lipinski definition) is 0. The number of sulfone groups is 2. The SMILES string of the molecule is CC(=O)OC/C=C(\C)CCC(S(=O)(=O)c1ccccc1)S(=O)(=O)c1ccccc1.